The second-order valence-electron chi connectivity index (χ2n) is 2.64. The van der Waals surface area contributed by atoms with Crippen LogP contribution in [0.4, 0.5) is 4.39 Å². The molecule has 0 saturated heterocycles. The normalized spacial score (nSPS) is 15.9. The van der Waals surface area contributed by atoms with Gasteiger partial charge in [0.2, 0.25) is 0 Å². The predicted molar refractivity (Wildman–Crippen MR) is 53.0 cm³/mol. The van der Waals surface area contributed by atoms with Gasteiger partial charge in [-0.05, 0) is 31.0 Å². The summed E-state index contributed by atoms with van der Waals surface area (Å²) >= 11 is 0. The summed E-state index contributed by atoms with van der Waals surface area (Å²) in [6, 6.07) is 2.55. The van der Waals surface area contributed by atoms with Gasteiger partial charge >= 0.3 is 5.97 Å². The van der Waals surface area contributed by atoms with Crippen LogP contribution >= 0.6 is 0 Å². The molecule has 0 aliphatic rings. The number of hydrogen-bond acceptors (Lipinski definition) is 3. The van der Waals surface area contributed by atoms with Crippen LogP contribution < -0.4 is 0 Å². The van der Waals surface area contributed by atoms with E-state index in [0.29, 0.717) is 6.07 Å². The lowest BCUT2D eigenvalue weighted by molar-refractivity contribution is -0.143. The maximum Gasteiger partial charge on any atom is 0.306 e. The van der Waals surface area contributed by atoms with Crippen LogP contribution in [-0.2, 0) is 15.9 Å². The highest BCUT2D eigenvalue weighted by Crippen LogP contribution is 2.17. The Hall–Kier alpha value is -1.58. The number of phenols is 1. The molecule has 3 nitrogen and oxygen atoms in total. The summed E-state index contributed by atoms with van der Waals surface area (Å²) < 4.78 is 48.1. The van der Waals surface area contributed by atoms with Crippen molar-refractivity contribution in [1.29, 1.82) is 0 Å². The third-order valence-corrected chi connectivity index (χ3v) is 1.53. The zero-order chi connectivity index (χ0) is 14.8. The highest BCUT2D eigenvalue weighted by Gasteiger charge is 2.05. The van der Waals surface area contributed by atoms with E-state index in [0.717, 1.165) is 12.1 Å². The van der Waals surface area contributed by atoms with E-state index in [1.165, 1.54) is 6.92 Å². The van der Waals surface area contributed by atoms with Crippen molar-refractivity contribution in [2.45, 2.75) is 19.7 Å². The fourth-order valence-corrected chi connectivity index (χ4v) is 0.875. The van der Waals surface area contributed by atoms with Gasteiger partial charge in [0, 0.05) is 11.9 Å². The number of hydrogen-bond donors (Lipinski definition) is 1. The lowest BCUT2D eigenvalue weighted by Gasteiger charge is -2.03. The van der Waals surface area contributed by atoms with Crippen molar-refractivity contribution in [2.75, 3.05) is 6.61 Å². The summed E-state index contributed by atoms with van der Waals surface area (Å²) in [7, 11) is 0. The molecule has 0 amide bonds. The molecule has 1 aromatic carbocycles. The lowest BCUT2D eigenvalue weighted by Crippen LogP contribution is -2.05. The molecule has 0 unspecified atom stereocenters. The van der Waals surface area contributed by atoms with Crippen molar-refractivity contribution < 1.29 is 24.5 Å². The molecule has 0 fully saturated rings. The van der Waals surface area contributed by atoms with Crippen molar-refractivity contribution in [3.05, 3.63) is 29.6 Å². The molecule has 15 heavy (non-hydrogen) atoms. The Morgan fingerprint density at radius 1 is 1.67 bits per heavy atom. The largest absolute Gasteiger partial charge is 0.505 e. The highest BCUT2D eigenvalue weighted by molar-refractivity contribution is 5.69. The molecule has 0 saturated carbocycles. The Kier molecular flexibility index (Phi) is 2.43. The van der Waals surface area contributed by atoms with E-state index >= 15 is 0 Å². The number of halogens is 1. The number of carbonyl (C=O) groups excluding carboxylic acids is 1. The zero-order valence-corrected chi connectivity index (χ0v) is 8.08. The molecule has 1 rings (SSSR count). The van der Waals surface area contributed by atoms with E-state index in [-0.39, 0.29) is 6.61 Å². The summed E-state index contributed by atoms with van der Waals surface area (Å²) in [4.78, 5) is 11.5. The van der Waals surface area contributed by atoms with Gasteiger partial charge in [-0.3, -0.25) is 4.79 Å². The Morgan fingerprint density at radius 2 is 2.40 bits per heavy atom. The number of esters is 1. The van der Waals surface area contributed by atoms with Gasteiger partial charge in [-0.1, -0.05) is 6.07 Å². The van der Waals surface area contributed by atoms with Crippen LogP contribution in [0, 0.1) is 5.82 Å². The molecular formula is C11H13FO3. The number of carbonyl (C=O) groups is 1. The Labute approximate surface area is 93.1 Å². The number of aryl methyl sites for hydroxylation is 1. The van der Waals surface area contributed by atoms with Gasteiger partial charge in [0.05, 0.1) is 6.61 Å². The maximum atomic E-state index is 13.2. The number of ether oxygens (including phenoxy) is 1. The van der Waals surface area contributed by atoms with Crippen LogP contribution in [0.2, 0.25) is 0 Å². The van der Waals surface area contributed by atoms with Crippen LogP contribution in [0.1, 0.15) is 24.3 Å². The molecule has 0 atom stereocenters. The van der Waals surface area contributed by atoms with Crippen molar-refractivity contribution in [2.24, 2.45) is 0 Å². The summed E-state index contributed by atoms with van der Waals surface area (Å²) in [5.74, 6) is -3.15. The molecule has 0 aliphatic carbocycles. The molecule has 0 aromatic heterocycles. The van der Waals surface area contributed by atoms with Gasteiger partial charge in [0.1, 0.15) is 0 Å². The predicted octanol–water partition coefficient (Wildman–Crippen LogP) is 2.03. The van der Waals surface area contributed by atoms with Gasteiger partial charge in [-0.2, -0.15) is 0 Å². The smallest absolute Gasteiger partial charge is 0.306 e. The van der Waals surface area contributed by atoms with Gasteiger partial charge in [-0.25, -0.2) is 4.39 Å². The van der Waals surface area contributed by atoms with Gasteiger partial charge in [0.25, 0.3) is 0 Å². The van der Waals surface area contributed by atoms with Gasteiger partial charge in [-0.15, -0.1) is 0 Å². The summed E-state index contributed by atoms with van der Waals surface area (Å²) in [5, 5.41) is 9.02. The molecule has 82 valence electrons. The molecule has 1 aromatic rings. The number of rotatable bonds is 4. The second-order valence-corrected chi connectivity index (χ2v) is 2.64. The van der Waals surface area contributed by atoms with Crippen LogP contribution in [0.3, 0.4) is 0 Å². The van der Waals surface area contributed by atoms with Crippen LogP contribution in [0.5, 0.6) is 5.75 Å². The molecule has 4 heteroatoms. The minimum atomic E-state index is -2.98. The SMILES string of the molecule is [2H]C([2H])(C(=O)OCC)C([2H])([2H])c1ccc(O)c(F)c1. The van der Waals surface area contributed by atoms with E-state index in [4.69, 9.17) is 10.6 Å². The van der Waals surface area contributed by atoms with E-state index in [1.807, 2.05) is 0 Å². The molecule has 0 bridgehead atoms. The van der Waals surface area contributed by atoms with Gasteiger partial charge < -0.3 is 9.84 Å². The third-order valence-electron chi connectivity index (χ3n) is 1.53. The van der Waals surface area contributed by atoms with E-state index < -0.39 is 35.8 Å². The van der Waals surface area contributed by atoms with Crippen LogP contribution in [0.15, 0.2) is 18.2 Å². The molecule has 0 spiro atoms. The zero-order valence-electron chi connectivity index (χ0n) is 12.1. The topological polar surface area (TPSA) is 46.5 Å². The average Bonchev–Trinajstić information content (AvgIpc) is 2.32. The minimum Gasteiger partial charge on any atom is -0.505 e. The summed E-state index contributed by atoms with van der Waals surface area (Å²) in [5.41, 5.74) is -0.402. The first-order valence-electron chi connectivity index (χ1n) is 6.30. The van der Waals surface area contributed by atoms with Crippen LogP contribution in [0.25, 0.3) is 0 Å². The molecule has 1 N–H and O–H groups in total. The van der Waals surface area contributed by atoms with Crippen LogP contribution in [-0.4, -0.2) is 17.7 Å². The standard InChI is InChI=1S/C11H13FO3/c1-2-15-11(14)6-4-8-3-5-10(13)9(12)7-8/h3,5,7,13H,2,4,6H2,1H3/i4D2,6D2. The number of phenolic OH excluding ortho intramolecular Hbond substituents is 1. The summed E-state index contributed by atoms with van der Waals surface area (Å²) in [6.07, 6.45) is -5.78. The molecule has 0 heterocycles. The highest BCUT2D eigenvalue weighted by atomic mass is 19.1. The fourth-order valence-electron chi connectivity index (χ4n) is 0.875. The van der Waals surface area contributed by atoms with Gasteiger partial charge in [0.15, 0.2) is 11.6 Å². The fraction of sp³-hybridized carbons (Fsp3) is 0.364. The molecule has 0 radical (unpaired) electrons. The lowest BCUT2D eigenvalue weighted by atomic mass is 10.1. The molecule has 0 aliphatic heterocycles. The first kappa shape index (κ1) is 6.82. The van der Waals surface area contributed by atoms with E-state index in [1.54, 1.807) is 0 Å². The Morgan fingerprint density at radius 3 is 3.00 bits per heavy atom. The second kappa shape index (κ2) is 5.34. The molecular weight excluding hydrogens is 199 g/mol. The van der Waals surface area contributed by atoms with E-state index in [2.05, 4.69) is 4.74 Å². The van der Waals surface area contributed by atoms with Crippen molar-refractivity contribution in [3.63, 3.8) is 0 Å². The van der Waals surface area contributed by atoms with Crippen molar-refractivity contribution in [3.8, 4) is 5.75 Å². The quantitative estimate of drug-likeness (QED) is 0.783. The Bertz CT molecular complexity index is 491. The number of aromatic hydroxyl groups is 1. The monoisotopic (exact) mass is 216 g/mol. The first-order chi connectivity index (χ1) is 8.64. The minimum absolute atomic E-state index is 0.0988. The van der Waals surface area contributed by atoms with Crippen molar-refractivity contribution >= 4 is 5.97 Å². The average molecular weight is 216 g/mol. The third kappa shape index (κ3) is 3.58. The first-order valence-corrected chi connectivity index (χ1v) is 4.30. The maximum absolute atomic E-state index is 13.2. The summed E-state index contributed by atoms with van der Waals surface area (Å²) in [6.45, 7) is 1.36. The number of benzene rings is 1. The van der Waals surface area contributed by atoms with Crippen molar-refractivity contribution in [1.82, 2.24) is 0 Å². The Balaban J connectivity index is 3.21. The van der Waals surface area contributed by atoms with E-state index in [9.17, 15) is 9.18 Å².